The number of ether oxygens (including phenoxy) is 2. The second kappa shape index (κ2) is 13.1. The standard InChI is InChI=1S/C31H33Cl2FN2O3/c1-31(37)12-10-22(11-13-31)36-19-25(20-6-4-3-5-7-20)23-16-24(27(33)17-26(23)32)29-21(18-35)8-9-28(30(29)34)39-15-14-38-2/h3-9,16-17,22,25,36-37H,10-15,19H2,1-2H3. The van der Waals surface area contributed by atoms with Crippen LogP contribution in [0.1, 0.15) is 55.2 Å². The molecule has 39 heavy (non-hydrogen) atoms. The molecule has 2 N–H and O–H groups in total. The molecule has 206 valence electrons. The van der Waals surface area contributed by atoms with Gasteiger partial charge in [-0.25, -0.2) is 4.39 Å². The average Bonchev–Trinajstić information content (AvgIpc) is 2.92. The predicted octanol–water partition coefficient (Wildman–Crippen LogP) is 7.11. The number of nitrogens with one attached hydrogen (secondary N) is 1. The lowest BCUT2D eigenvalue weighted by Crippen LogP contribution is -2.41. The minimum atomic E-state index is -0.663. The molecular formula is C31H33Cl2FN2O3. The van der Waals surface area contributed by atoms with E-state index in [0.29, 0.717) is 23.7 Å². The number of nitriles is 1. The summed E-state index contributed by atoms with van der Waals surface area (Å²) in [5.41, 5.74) is 1.79. The fourth-order valence-corrected chi connectivity index (χ4v) is 5.71. The van der Waals surface area contributed by atoms with Crippen molar-refractivity contribution in [1.29, 1.82) is 5.26 Å². The molecule has 5 nitrogen and oxygen atoms in total. The van der Waals surface area contributed by atoms with Gasteiger partial charge in [-0.2, -0.15) is 5.26 Å². The maximum atomic E-state index is 15.8. The fraction of sp³-hybridized carbons (Fsp3) is 0.387. The lowest BCUT2D eigenvalue weighted by Gasteiger charge is -2.34. The summed E-state index contributed by atoms with van der Waals surface area (Å²) < 4.78 is 26.3. The minimum absolute atomic E-state index is 0.0167. The number of rotatable bonds is 10. The van der Waals surface area contributed by atoms with Crippen LogP contribution in [0.25, 0.3) is 11.1 Å². The van der Waals surface area contributed by atoms with Crippen molar-refractivity contribution < 1.29 is 19.0 Å². The number of hydrogen-bond acceptors (Lipinski definition) is 5. The van der Waals surface area contributed by atoms with Crippen LogP contribution in [0.4, 0.5) is 4.39 Å². The molecule has 1 saturated carbocycles. The quantitative estimate of drug-likeness (QED) is 0.254. The minimum Gasteiger partial charge on any atom is -0.488 e. The molecular weight excluding hydrogens is 538 g/mol. The van der Waals surface area contributed by atoms with Crippen molar-refractivity contribution in [2.24, 2.45) is 0 Å². The molecule has 1 atom stereocenters. The Morgan fingerprint density at radius 3 is 2.49 bits per heavy atom. The van der Waals surface area contributed by atoms with Gasteiger partial charge in [-0.15, -0.1) is 0 Å². The molecule has 3 aromatic carbocycles. The highest BCUT2D eigenvalue weighted by Gasteiger charge is 2.30. The van der Waals surface area contributed by atoms with Crippen LogP contribution in [0, 0.1) is 17.1 Å². The Morgan fingerprint density at radius 1 is 1.10 bits per heavy atom. The number of methoxy groups -OCH3 is 1. The van der Waals surface area contributed by atoms with Gasteiger partial charge >= 0.3 is 0 Å². The van der Waals surface area contributed by atoms with E-state index < -0.39 is 11.4 Å². The summed E-state index contributed by atoms with van der Waals surface area (Å²) >= 11 is 13.4. The molecule has 1 unspecified atom stereocenters. The van der Waals surface area contributed by atoms with Gasteiger partial charge in [0.1, 0.15) is 6.61 Å². The number of nitrogens with zero attached hydrogens (tertiary/aromatic N) is 1. The number of hydrogen-bond donors (Lipinski definition) is 2. The van der Waals surface area contributed by atoms with Crippen LogP contribution in [0.2, 0.25) is 10.0 Å². The van der Waals surface area contributed by atoms with E-state index in [0.717, 1.165) is 36.8 Å². The van der Waals surface area contributed by atoms with Crippen molar-refractivity contribution in [2.75, 3.05) is 26.9 Å². The monoisotopic (exact) mass is 570 g/mol. The zero-order valence-corrected chi connectivity index (χ0v) is 23.7. The maximum Gasteiger partial charge on any atom is 0.174 e. The molecule has 0 amide bonds. The van der Waals surface area contributed by atoms with E-state index in [1.54, 1.807) is 12.1 Å². The Labute approximate surface area is 239 Å². The lowest BCUT2D eigenvalue weighted by atomic mass is 9.83. The molecule has 0 bridgehead atoms. The van der Waals surface area contributed by atoms with Gasteiger partial charge in [-0.1, -0.05) is 53.5 Å². The Morgan fingerprint density at radius 2 is 1.82 bits per heavy atom. The molecule has 0 spiro atoms. The van der Waals surface area contributed by atoms with Crippen LogP contribution < -0.4 is 10.1 Å². The zero-order chi connectivity index (χ0) is 28.0. The highest BCUT2D eigenvalue weighted by molar-refractivity contribution is 6.37. The van der Waals surface area contributed by atoms with Gasteiger partial charge in [-0.05, 0) is 68.0 Å². The smallest absolute Gasteiger partial charge is 0.174 e. The topological polar surface area (TPSA) is 74.5 Å². The Balaban J connectivity index is 1.73. The maximum absolute atomic E-state index is 15.8. The molecule has 1 fully saturated rings. The zero-order valence-electron chi connectivity index (χ0n) is 22.1. The molecule has 0 radical (unpaired) electrons. The van der Waals surface area contributed by atoms with E-state index in [-0.39, 0.29) is 40.5 Å². The molecule has 1 aliphatic rings. The summed E-state index contributed by atoms with van der Waals surface area (Å²) in [7, 11) is 1.54. The highest BCUT2D eigenvalue weighted by atomic mass is 35.5. The second-order valence-corrected chi connectivity index (χ2v) is 11.1. The Bertz CT molecular complexity index is 1320. The summed E-state index contributed by atoms with van der Waals surface area (Å²) in [6, 6.07) is 18.7. The third kappa shape index (κ3) is 7.11. The van der Waals surface area contributed by atoms with Gasteiger partial charge in [0, 0.05) is 41.8 Å². The number of aliphatic hydroxyl groups is 1. The lowest BCUT2D eigenvalue weighted by molar-refractivity contribution is 0.0141. The number of benzene rings is 3. The molecule has 0 aromatic heterocycles. The highest BCUT2D eigenvalue weighted by Crippen LogP contribution is 2.42. The first-order valence-electron chi connectivity index (χ1n) is 13.1. The normalized spacial score (nSPS) is 19.9. The van der Waals surface area contributed by atoms with Crippen molar-refractivity contribution in [3.05, 3.63) is 87.2 Å². The Hall–Kier alpha value is -2.66. The van der Waals surface area contributed by atoms with Crippen LogP contribution in [0.3, 0.4) is 0 Å². The van der Waals surface area contributed by atoms with Crippen LogP contribution in [-0.4, -0.2) is 43.6 Å². The Kier molecular flexibility index (Phi) is 9.87. The van der Waals surface area contributed by atoms with E-state index in [1.165, 1.54) is 19.2 Å². The van der Waals surface area contributed by atoms with E-state index in [1.807, 2.05) is 37.3 Å². The van der Waals surface area contributed by atoms with Crippen molar-refractivity contribution in [1.82, 2.24) is 5.32 Å². The average molecular weight is 572 g/mol. The first-order valence-corrected chi connectivity index (χ1v) is 13.8. The van der Waals surface area contributed by atoms with Gasteiger partial charge in [0.2, 0.25) is 0 Å². The summed E-state index contributed by atoms with van der Waals surface area (Å²) in [4.78, 5) is 0. The van der Waals surface area contributed by atoms with Gasteiger partial charge in [-0.3, -0.25) is 0 Å². The van der Waals surface area contributed by atoms with Crippen molar-refractivity contribution in [3.63, 3.8) is 0 Å². The van der Waals surface area contributed by atoms with Crippen LogP contribution in [-0.2, 0) is 4.74 Å². The fourth-order valence-electron chi connectivity index (χ4n) is 5.11. The van der Waals surface area contributed by atoms with Gasteiger partial charge in [0.05, 0.1) is 28.9 Å². The summed E-state index contributed by atoms with van der Waals surface area (Å²) in [6.45, 7) is 2.93. The van der Waals surface area contributed by atoms with Gasteiger partial charge in [0.25, 0.3) is 0 Å². The van der Waals surface area contributed by atoms with E-state index in [4.69, 9.17) is 32.7 Å². The second-order valence-electron chi connectivity index (χ2n) is 10.2. The van der Waals surface area contributed by atoms with Crippen LogP contribution in [0.15, 0.2) is 54.6 Å². The van der Waals surface area contributed by atoms with Crippen molar-refractivity contribution in [2.45, 2.75) is 50.2 Å². The van der Waals surface area contributed by atoms with E-state index >= 15 is 4.39 Å². The molecule has 8 heteroatoms. The van der Waals surface area contributed by atoms with Crippen LogP contribution >= 0.6 is 23.2 Å². The third-order valence-electron chi connectivity index (χ3n) is 7.38. The largest absolute Gasteiger partial charge is 0.488 e. The van der Waals surface area contributed by atoms with Gasteiger partial charge < -0.3 is 19.9 Å². The molecule has 0 heterocycles. The summed E-state index contributed by atoms with van der Waals surface area (Å²) in [6.07, 6.45) is 3.23. The molecule has 3 aromatic rings. The summed E-state index contributed by atoms with van der Waals surface area (Å²) in [5.74, 6) is -0.807. The summed E-state index contributed by atoms with van der Waals surface area (Å²) in [5, 5.41) is 24.5. The van der Waals surface area contributed by atoms with Crippen molar-refractivity contribution >= 4 is 23.2 Å². The van der Waals surface area contributed by atoms with Crippen LogP contribution in [0.5, 0.6) is 5.75 Å². The predicted molar refractivity (Wildman–Crippen MR) is 153 cm³/mol. The van der Waals surface area contributed by atoms with Gasteiger partial charge in [0.15, 0.2) is 11.6 Å². The molecule has 0 saturated heterocycles. The van der Waals surface area contributed by atoms with Crippen molar-refractivity contribution in [3.8, 4) is 22.9 Å². The first-order chi connectivity index (χ1) is 18.7. The third-order valence-corrected chi connectivity index (χ3v) is 8.02. The van der Waals surface area contributed by atoms with E-state index in [9.17, 15) is 10.4 Å². The molecule has 1 aliphatic carbocycles. The van der Waals surface area contributed by atoms with E-state index in [2.05, 4.69) is 11.4 Å². The molecule has 4 rings (SSSR count). The molecule has 0 aliphatic heterocycles. The SMILES string of the molecule is COCCOc1ccc(C#N)c(-c2cc(C(CNC3CCC(C)(O)CC3)c3ccccc3)c(Cl)cc2Cl)c1F. The first kappa shape index (κ1) is 29.3. The number of halogens is 3.